The Morgan fingerprint density at radius 2 is 1.91 bits per heavy atom. The van der Waals surface area contributed by atoms with Crippen molar-refractivity contribution < 1.29 is 4.42 Å². The van der Waals surface area contributed by atoms with Gasteiger partial charge in [0.1, 0.15) is 22.9 Å². The van der Waals surface area contributed by atoms with E-state index in [0.717, 1.165) is 62.6 Å². The quantitative estimate of drug-likeness (QED) is 0.459. The molecule has 0 atom stereocenters. The molecule has 1 aliphatic carbocycles. The van der Waals surface area contributed by atoms with Crippen molar-refractivity contribution in [2.75, 3.05) is 18.4 Å². The van der Waals surface area contributed by atoms with Crippen LogP contribution in [-0.4, -0.2) is 27.6 Å². The lowest BCUT2D eigenvalue weighted by Crippen LogP contribution is -2.26. The van der Waals surface area contributed by atoms with Gasteiger partial charge >= 0.3 is 0 Å². The van der Waals surface area contributed by atoms with Crippen LogP contribution in [0, 0.1) is 11.3 Å². The standard InChI is InChI=1S/C26H26N6O2/c27-14-19-12-20-15-29-26(31-24(20)32(25(19)33)21-3-1-2-4-21)30-23-13-18-11-17(5-6-22(18)34-23)16-7-9-28-10-8-16/h5-6,11-13,15-16,21,28H,1-4,7-10H2,(H,29,30,31). The van der Waals surface area contributed by atoms with Crippen molar-refractivity contribution in [3.8, 4) is 6.07 Å². The number of aromatic nitrogens is 3. The van der Waals surface area contributed by atoms with E-state index >= 15 is 0 Å². The summed E-state index contributed by atoms with van der Waals surface area (Å²) >= 11 is 0. The fourth-order valence-corrected chi connectivity index (χ4v) is 5.40. The Balaban J connectivity index is 1.35. The molecule has 2 N–H and O–H groups in total. The van der Waals surface area contributed by atoms with Gasteiger partial charge in [0, 0.05) is 29.1 Å². The Hall–Kier alpha value is -3.70. The minimum Gasteiger partial charge on any atom is -0.440 e. The highest BCUT2D eigenvalue weighted by Crippen LogP contribution is 2.33. The Kier molecular flexibility index (Phi) is 5.27. The summed E-state index contributed by atoms with van der Waals surface area (Å²) in [6.07, 6.45) is 7.94. The molecule has 1 saturated heterocycles. The monoisotopic (exact) mass is 454 g/mol. The van der Waals surface area contributed by atoms with Gasteiger partial charge in [0.25, 0.3) is 5.56 Å². The van der Waals surface area contributed by atoms with Gasteiger partial charge in [-0.2, -0.15) is 10.2 Å². The smallest absolute Gasteiger partial charge is 0.270 e. The molecular weight excluding hydrogens is 428 g/mol. The van der Waals surface area contributed by atoms with Gasteiger partial charge in [-0.1, -0.05) is 18.9 Å². The van der Waals surface area contributed by atoms with Gasteiger partial charge in [-0.25, -0.2) is 4.98 Å². The molecule has 0 spiro atoms. The summed E-state index contributed by atoms with van der Waals surface area (Å²) in [6, 6.07) is 12.0. The third kappa shape index (κ3) is 3.72. The number of piperidine rings is 1. The second-order valence-corrected chi connectivity index (χ2v) is 9.31. The Morgan fingerprint density at radius 3 is 2.71 bits per heavy atom. The van der Waals surface area contributed by atoms with Gasteiger partial charge in [0.05, 0.1) is 0 Å². The van der Waals surface area contributed by atoms with Crippen molar-refractivity contribution >= 4 is 33.8 Å². The van der Waals surface area contributed by atoms with Crippen molar-refractivity contribution in [1.29, 1.82) is 5.26 Å². The summed E-state index contributed by atoms with van der Waals surface area (Å²) < 4.78 is 7.69. The molecule has 4 aromatic rings. The topological polar surface area (TPSA) is 109 Å². The first-order valence-electron chi connectivity index (χ1n) is 12.0. The minimum atomic E-state index is -0.277. The molecular formula is C26H26N6O2. The number of hydrogen-bond acceptors (Lipinski definition) is 7. The van der Waals surface area contributed by atoms with Crippen LogP contribution >= 0.6 is 0 Å². The molecule has 0 radical (unpaired) electrons. The molecule has 4 heterocycles. The first-order valence-corrected chi connectivity index (χ1v) is 12.0. The third-order valence-electron chi connectivity index (χ3n) is 7.17. The molecule has 2 fully saturated rings. The highest BCUT2D eigenvalue weighted by Gasteiger charge is 2.23. The Morgan fingerprint density at radius 1 is 1.09 bits per heavy atom. The molecule has 1 aromatic carbocycles. The summed E-state index contributed by atoms with van der Waals surface area (Å²) in [7, 11) is 0. The van der Waals surface area contributed by atoms with E-state index in [1.807, 2.05) is 18.2 Å². The van der Waals surface area contributed by atoms with Crippen LogP contribution in [0.5, 0.6) is 0 Å². The number of fused-ring (bicyclic) bond motifs is 2. The number of nitrogens with zero attached hydrogens (tertiary/aromatic N) is 4. The van der Waals surface area contributed by atoms with Crippen molar-refractivity contribution in [3.05, 3.63) is 58.0 Å². The van der Waals surface area contributed by atoms with Crippen molar-refractivity contribution in [2.45, 2.75) is 50.5 Å². The fraction of sp³-hybridized carbons (Fsp3) is 0.385. The summed E-state index contributed by atoms with van der Waals surface area (Å²) in [6.45, 7) is 2.12. The predicted molar refractivity (Wildman–Crippen MR) is 130 cm³/mol. The van der Waals surface area contributed by atoms with Gasteiger partial charge in [-0.15, -0.1) is 0 Å². The highest BCUT2D eigenvalue weighted by atomic mass is 16.3. The zero-order chi connectivity index (χ0) is 23.1. The lowest BCUT2D eigenvalue weighted by Gasteiger charge is -2.22. The van der Waals surface area contributed by atoms with Gasteiger partial charge in [0.15, 0.2) is 0 Å². The van der Waals surface area contributed by atoms with E-state index < -0.39 is 0 Å². The molecule has 0 unspecified atom stereocenters. The summed E-state index contributed by atoms with van der Waals surface area (Å²) in [4.78, 5) is 22.1. The number of anilines is 2. The van der Waals surface area contributed by atoms with Crippen LogP contribution in [0.3, 0.4) is 0 Å². The van der Waals surface area contributed by atoms with E-state index in [2.05, 4.69) is 32.7 Å². The Labute approximate surface area is 196 Å². The lowest BCUT2D eigenvalue weighted by molar-refractivity contribution is 0.460. The minimum absolute atomic E-state index is 0.0608. The van der Waals surface area contributed by atoms with Crippen molar-refractivity contribution in [1.82, 2.24) is 19.9 Å². The van der Waals surface area contributed by atoms with Crippen LogP contribution < -0.4 is 16.2 Å². The third-order valence-corrected chi connectivity index (χ3v) is 7.17. The molecule has 34 heavy (non-hydrogen) atoms. The van der Waals surface area contributed by atoms with Crippen molar-refractivity contribution in [3.63, 3.8) is 0 Å². The van der Waals surface area contributed by atoms with E-state index in [-0.39, 0.29) is 17.2 Å². The average molecular weight is 455 g/mol. The molecule has 172 valence electrons. The van der Waals surface area contributed by atoms with Crippen molar-refractivity contribution in [2.24, 2.45) is 0 Å². The first kappa shape index (κ1) is 20.9. The van der Waals surface area contributed by atoms with Gasteiger partial charge in [-0.3, -0.25) is 14.7 Å². The second-order valence-electron chi connectivity index (χ2n) is 9.31. The molecule has 1 saturated carbocycles. The second kappa shape index (κ2) is 8.58. The maximum Gasteiger partial charge on any atom is 0.270 e. The number of nitrogens with one attached hydrogen (secondary N) is 2. The highest BCUT2D eigenvalue weighted by molar-refractivity contribution is 5.83. The largest absolute Gasteiger partial charge is 0.440 e. The van der Waals surface area contributed by atoms with Crippen LogP contribution in [0.15, 0.2) is 45.7 Å². The normalized spacial score (nSPS) is 17.4. The molecule has 0 amide bonds. The molecule has 3 aromatic heterocycles. The number of hydrogen-bond donors (Lipinski definition) is 2. The first-order chi connectivity index (χ1) is 16.7. The summed E-state index contributed by atoms with van der Waals surface area (Å²) in [5, 5.41) is 17.8. The zero-order valence-corrected chi connectivity index (χ0v) is 18.9. The average Bonchev–Trinajstić information content (AvgIpc) is 3.53. The van der Waals surface area contributed by atoms with E-state index in [1.54, 1.807) is 16.8 Å². The number of pyridine rings is 1. The van der Waals surface area contributed by atoms with E-state index in [0.29, 0.717) is 28.8 Å². The molecule has 8 heteroatoms. The van der Waals surface area contributed by atoms with E-state index in [9.17, 15) is 10.1 Å². The molecule has 2 aliphatic rings. The number of nitriles is 1. The van der Waals surface area contributed by atoms with Crippen LogP contribution in [0.25, 0.3) is 22.0 Å². The van der Waals surface area contributed by atoms with Gasteiger partial charge in [0.2, 0.25) is 11.8 Å². The van der Waals surface area contributed by atoms with Gasteiger partial charge < -0.3 is 9.73 Å². The van der Waals surface area contributed by atoms with E-state index in [4.69, 9.17) is 4.42 Å². The number of benzene rings is 1. The fourth-order valence-electron chi connectivity index (χ4n) is 5.40. The summed E-state index contributed by atoms with van der Waals surface area (Å²) in [5.74, 6) is 1.49. The maximum atomic E-state index is 13.0. The SMILES string of the molecule is N#Cc1cc2cnc(Nc3cc4cc(C5CCNCC5)ccc4o3)nc2n(C2CCCC2)c1=O. The predicted octanol–water partition coefficient (Wildman–Crippen LogP) is 4.74. The number of furan rings is 1. The zero-order valence-electron chi connectivity index (χ0n) is 18.9. The summed E-state index contributed by atoms with van der Waals surface area (Å²) in [5.41, 5.74) is 2.56. The molecule has 8 nitrogen and oxygen atoms in total. The van der Waals surface area contributed by atoms with E-state index in [1.165, 1.54) is 5.56 Å². The van der Waals surface area contributed by atoms with Crippen LogP contribution in [0.1, 0.15) is 61.6 Å². The number of rotatable bonds is 4. The lowest BCUT2D eigenvalue weighted by atomic mass is 9.90. The van der Waals surface area contributed by atoms with Crippen LogP contribution in [-0.2, 0) is 0 Å². The molecule has 0 bridgehead atoms. The Bertz CT molecular complexity index is 1470. The van der Waals surface area contributed by atoms with Crippen LogP contribution in [0.4, 0.5) is 11.8 Å². The molecule has 6 rings (SSSR count). The maximum absolute atomic E-state index is 13.0. The molecule has 1 aliphatic heterocycles. The van der Waals surface area contributed by atoms with Gasteiger partial charge in [-0.05, 0) is 68.5 Å². The van der Waals surface area contributed by atoms with Crippen LogP contribution in [0.2, 0.25) is 0 Å².